The van der Waals surface area contributed by atoms with E-state index in [9.17, 15) is 9.59 Å². The van der Waals surface area contributed by atoms with Crippen LogP contribution in [0.2, 0.25) is 0 Å². The first kappa shape index (κ1) is 13.3. The van der Waals surface area contributed by atoms with Gasteiger partial charge in [0.05, 0.1) is 11.5 Å². The molecule has 0 radical (unpaired) electrons. The predicted octanol–water partition coefficient (Wildman–Crippen LogP) is 2.64. The fourth-order valence-electron chi connectivity index (χ4n) is 1.55. The number of nitrogens with one attached hydrogen (secondary N) is 1. The highest BCUT2D eigenvalue weighted by atomic mass is 127. The van der Waals surface area contributed by atoms with Gasteiger partial charge in [-0.15, -0.1) is 11.3 Å². The minimum Gasteiger partial charge on any atom is -0.490 e. The van der Waals surface area contributed by atoms with Crippen molar-refractivity contribution in [3.05, 3.63) is 34.5 Å². The molecule has 0 aliphatic heterocycles. The number of rotatable bonds is 3. The second-order valence-corrected chi connectivity index (χ2v) is 5.29. The van der Waals surface area contributed by atoms with Gasteiger partial charge in [-0.25, -0.2) is 0 Å². The Labute approximate surface area is 121 Å². The SMILES string of the molecule is COc1c(NC(=O)CI)sc2ccccc2c1=O. The Hall–Kier alpha value is -1.15. The number of fused-ring (bicyclic) bond motifs is 1. The Kier molecular flexibility index (Phi) is 4.18. The van der Waals surface area contributed by atoms with E-state index < -0.39 is 0 Å². The van der Waals surface area contributed by atoms with E-state index in [4.69, 9.17) is 4.74 Å². The molecule has 0 saturated heterocycles. The summed E-state index contributed by atoms with van der Waals surface area (Å²) in [7, 11) is 1.43. The van der Waals surface area contributed by atoms with Crippen molar-refractivity contribution >= 4 is 54.9 Å². The van der Waals surface area contributed by atoms with E-state index >= 15 is 0 Å². The van der Waals surface area contributed by atoms with Crippen LogP contribution in [-0.2, 0) is 4.79 Å². The average molecular weight is 375 g/mol. The normalized spacial score (nSPS) is 10.3. The van der Waals surface area contributed by atoms with Gasteiger partial charge < -0.3 is 10.1 Å². The van der Waals surface area contributed by atoms with Crippen LogP contribution in [0.4, 0.5) is 5.00 Å². The number of carbonyl (C=O) groups is 1. The van der Waals surface area contributed by atoms with Crippen molar-refractivity contribution in [1.82, 2.24) is 0 Å². The van der Waals surface area contributed by atoms with Crippen molar-refractivity contribution in [2.75, 3.05) is 16.9 Å². The van der Waals surface area contributed by atoms with Gasteiger partial charge in [0.2, 0.25) is 17.1 Å². The van der Waals surface area contributed by atoms with Crippen molar-refractivity contribution in [3.63, 3.8) is 0 Å². The summed E-state index contributed by atoms with van der Waals surface area (Å²) in [6, 6.07) is 7.26. The van der Waals surface area contributed by atoms with Gasteiger partial charge in [0, 0.05) is 10.1 Å². The molecule has 0 unspecified atom stereocenters. The lowest BCUT2D eigenvalue weighted by atomic mass is 10.2. The first-order chi connectivity index (χ1) is 8.67. The molecule has 0 aliphatic rings. The molecule has 4 nitrogen and oxygen atoms in total. The molecule has 94 valence electrons. The van der Waals surface area contributed by atoms with Crippen molar-refractivity contribution in [3.8, 4) is 5.75 Å². The summed E-state index contributed by atoms with van der Waals surface area (Å²) in [5, 5.41) is 3.76. The van der Waals surface area contributed by atoms with Crippen molar-refractivity contribution in [1.29, 1.82) is 0 Å². The largest absolute Gasteiger partial charge is 0.490 e. The maximum absolute atomic E-state index is 12.2. The maximum Gasteiger partial charge on any atom is 0.234 e. The van der Waals surface area contributed by atoms with Crippen molar-refractivity contribution in [2.45, 2.75) is 0 Å². The molecule has 1 N–H and O–H groups in total. The number of anilines is 1. The summed E-state index contributed by atoms with van der Waals surface area (Å²) in [6.07, 6.45) is 0. The number of amides is 1. The third kappa shape index (κ3) is 2.49. The summed E-state index contributed by atoms with van der Waals surface area (Å²) in [5.41, 5.74) is -0.199. The third-order valence-corrected chi connectivity index (χ3v) is 4.09. The van der Waals surface area contributed by atoms with E-state index in [2.05, 4.69) is 5.32 Å². The van der Waals surface area contributed by atoms with E-state index in [1.165, 1.54) is 18.4 Å². The zero-order chi connectivity index (χ0) is 13.1. The maximum atomic E-state index is 12.2. The smallest absolute Gasteiger partial charge is 0.234 e. The Morgan fingerprint density at radius 2 is 2.17 bits per heavy atom. The van der Waals surface area contributed by atoms with Crippen LogP contribution in [0.15, 0.2) is 29.1 Å². The molecule has 0 spiro atoms. The molecule has 0 atom stereocenters. The molecule has 0 aliphatic carbocycles. The van der Waals surface area contributed by atoms with E-state index in [-0.39, 0.29) is 17.1 Å². The lowest BCUT2D eigenvalue weighted by molar-refractivity contribution is -0.113. The van der Waals surface area contributed by atoms with Gasteiger partial charge in [0.1, 0.15) is 5.00 Å². The number of benzene rings is 1. The molecule has 2 rings (SSSR count). The number of halogens is 1. The van der Waals surface area contributed by atoms with Crippen LogP contribution in [0, 0.1) is 0 Å². The van der Waals surface area contributed by atoms with Gasteiger partial charge in [-0.05, 0) is 12.1 Å². The molecule has 1 heterocycles. The minimum atomic E-state index is -0.199. The highest BCUT2D eigenvalue weighted by Gasteiger charge is 2.14. The first-order valence-corrected chi connectivity index (χ1v) is 7.47. The summed E-state index contributed by atoms with van der Waals surface area (Å²) in [4.78, 5) is 23.6. The van der Waals surface area contributed by atoms with Gasteiger partial charge in [-0.3, -0.25) is 9.59 Å². The average Bonchev–Trinajstić information content (AvgIpc) is 2.39. The fourth-order valence-corrected chi connectivity index (χ4v) is 2.81. The van der Waals surface area contributed by atoms with E-state index in [1.54, 1.807) is 12.1 Å². The number of hydrogen-bond acceptors (Lipinski definition) is 4. The van der Waals surface area contributed by atoms with Crippen molar-refractivity contribution in [2.24, 2.45) is 0 Å². The van der Waals surface area contributed by atoms with Crippen LogP contribution in [0.25, 0.3) is 10.1 Å². The second-order valence-electron chi connectivity index (χ2n) is 3.47. The molecule has 2 aromatic rings. The van der Waals surface area contributed by atoms with Crippen LogP contribution in [0.1, 0.15) is 0 Å². The highest BCUT2D eigenvalue weighted by Crippen LogP contribution is 2.31. The Bertz CT molecular complexity index is 653. The van der Waals surface area contributed by atoms with E-state index in [0.29, 0.717) is 14.8 Å². The molecule has 0 saturated carbocycles. The van der Waals surface area contributed by atoms with Crippen LogP contribution in [0.5, 0.6) is 5.75 Å². The molecule has 1 aromatic carbocycles. The van der Waals surface area contributed by atoms with Gasteiger partial charge in [0.15, 0.2) is 0 Å². The monoisotopic (exact) mass is 375 g/mol. The van der Waals surface area contributed by atoms with Gasteiger partial charge in [-0.1, -0.05) is 34.7 Å². The molecule has 18 heavy (non-hydrogen) atoms. The number of ether oxygens (including phenoxy) is 1. The molecule has 1 aromatic heterocycles. The van der Waals surface area contributed by atoms with Gasteiger partial charge in [-0.2, -0.15) is 0 Å². The Balaban J connectivity index is 2.65. The molecule has 0 fully saturated rings. The summed E-state index contributed by atoms with van der Waals surface area (Å²) in [6.45, 7) is 0. The standard InChI is InChI=1S/C12H10INO3S/c1-17-11-10(16)7-4-2-3-5-8(7)18-12(11)14-9(15)6-13/h2-5H,6H2,1H3,(H,14,15). The van der Waals surface area contributed by atoms with Gasteiger partial charge >= 0.3 is 0 Å². The van der Waals surface area contributed by atoms with E-state index in [1.807, 2.05) is 34.7 Å². The van der Waals surface area contributed by atoms with Crippen LogP contribution in [-0.4, -0.2) is 17.4 Å². The van der Waals surface area contributed by atoms with Crippen molar-refractivity contribution < 1.29 is 9.53 Å². The van der Waals surface area contributed by atoms with Gasteiger partial charge in [0.25, 0.3) is 0 Å². The highest BCUT2D eigenvalue weighted by molar-refractivity contribution is 14.1. The lowest BCUT2D eigenvalue weighted by Crippen LogP contribution is -2.15. The zero-order valence-electron chi connectivity index (χ0n) is 9.53. The topological polar surface area (TPSA) is 55.4 Å². The minimum absolute atomic E-state index is 0.153. The summed E-state index contributed by atoms with van der Waals surface area (Å²) in [5.74, 6) is 0.0386. The first-order valence-electron chi connectivity index (χ1n) is 5.13. The molecular weight excluding hydrogens is 365 g/mol. The molecule has 6 heteroatoms. The predicted molar refractivity (Wildman–Crippen MR) is 82.2 cm³/mol. The molecule has 0 bridgehead atoms. The Morgan fingerprint density at radius 1 is 1.44 bits per heavy atom. The quantitative estimate of drug-likeness (QED) is 0.663. The van der Waals surface area contributed by atoms with Crippen LogP contribution in [0.3, 0.4) is 0 Å². The van der Waals surface area contributed by atoms with Crippen LogP contribution >= 0.6 is 33.9 Å². The third-order valence-electron chi connectivity index (χ3n) is 2.33. The summed E-state index contributed by atoms with van der Waals surface area (Å²) < 4.78 is 6.26. The fraction of sp³-hybridized carbons (Fsp3) is 0.167. The summed E-state index contributed by atoms with van der Waals surface area (Å²) >= 11 is 3.30. The molecule has 1 amide bonds. The number of methoxy groups -OCH3 is 1. The number of alkyl halides is 1. The zero-order valence-corrected chi connectivity index (χ0v) is 12.5. The molecular formula is C12H10INO3S. The van der Waals surface area contributed by atoms with E-state index in [0.717, 1.165) is 4.70 Å². The number of carbonyl (C=O) groups excluding carboxylic acids is 1. The van der Waals surface area contributed by atoms with Crippen LogP contribution < -0.4 is 15.5 Å². The lowest BCUT2D eigenvalue weighted by Gasteiger charge is -2.09. The Morgan fingerprint density at radius 3 is 2.83 bits per heavy atom. The second kappa shape index (κ2) is 5.66. The number of hydrogen-bond donors (Lipinski definition) is 1.